The van der Waals surface area contributed by atoms with Gasteiger partial charge in [-0.05, 0) is 43.2 Å². The van der Waals surface area contributed by atoms with E-state index in [2.05, 4.69) is 48.7 Å². The Balaban J connectivity index is 1.69. The molecule has 2 N–H and O–H groups in total. The highest BCUT2D eigenvalue weighted by molar-refractivity contribution is 5.79. The molecule has 3 rings (SSSR count). The van der Waals surface area contributed by atoms with Crippen LogP contribution in [0.4, 0.5) is 4.79 Å². The largest absolute Gasteiger partial charge is 0.340 e. The van der Waals surface area contributed by atoms with E-state index in [0.717, 1.165) is 57.9 Å². The second kappa shape index (κ2) is 10.7. The standard InChI is InChI=1S/C24H37N3O2/c1-3-5-14-25-24(29)26-22-15-21(19-12-10-18(4-2)11-13-19)16-27(17-22)23(28)20-8-6-7-9-20/h10-13,20-22H,3-9,14-17H2,1-2H3,(H2,25,26,29). The van der Waals surface area contributed by atoms with Gasteiger partial charge in [0.2, 0.25) is 5.91 Å². The van der Waals surface area contributed by atoms with Crippen LogP contribution in [-0.2, 0) is 11.2 Å². The Hall–Kier alpha value is -2.04. The number of benzene rings is 1. The quantitative estimate of drug-likeness (QED) is 0.674. The molecule has 29 heavy (non-hydrogen) atoms. The maximum atomic E-state index is 13.1. The van der Waals surface area contributed by atoms with E-state index in [0.29, 0.717) is 13.1 Å². The van der Waals surface area contributed by atoms with Crippen molar-refractivity contribution in [3.05, 3.63) is 35.4 Å². The van der Waals surface area contributed by atoms with Gasteiger partial charge in [0.05, 0.1) is 0 Å². The van der Waals surface area contributed by atoms with E-state index < -0.39 is 0 Å². The molecule has 1 saturated carbocycles. The Bertz CT molecular complexity index is 667. The number of amides is 3. The van der Waals surface area contributed by atoms with Crippen LogP contribution in [0.2, 0.25) is 0 Å². The molecule has 2 atom stereocenters. The maximum Gasteiger partial charge on any atom is 0.315 e. The molecule has 1 aliphatic heterocycles. The minimum Gasteiger partial charge on any atom is -0.340 e. The molecule has 0 spiro atoms. The third-order valence-corrected chi connectivity index (χ3v) is 6.48. The van der Waals surface area contributed by atoms with Crippen molar-refractivity contribution in [2.45, 2.75) is 77.2 Å². The third kappa shape index (κ3) is 5.97. The monoisotopic (exact) mass is 399 g/mol. The molecule has 160 valence electrons. The van der Waals surface area contributed by atoms with Gasteiger partial charge in [-0.1, -0.05) is 57.4 Å². The second-order valence-corrected chi connectivity index (χ2v) is 8.70. The normalized spacial score (nSPS) is 22.5. The van der Waals surface area contributed by atoms with Gasteiger partial charge in [0, 0.05) is 37.5 Å². The average molecular weight is 400 g/mol. The average Bonchev–Trinajstić information content (AvgIpc) is 3.28. The Labute approximate surface area is 175 Å². The fraction of sp³-hybridized carbons (Fsp3) is 0.667. The molecule has 2 fully saturated rings. The number of hydrogen-bond donors (Lipinski definition) is 2. The van der Waals surface area contributed by atoms with Crippen LogP contribution in [0.5, 0.6) is 0 Å². The number of likely N-dealkylation sites (tertiary alicyclic amines) is 1. The molecule has 1 aliphatic carbocycles. The van der Waals surface area contributed by atoms with Crippen molar-refractivity contribution in [1.29, 1.82) is 0 Å². The molecule has 5 nitrogen and oxygen atoms in total. The number of aryl methyl sites for hydroxylation is 1. The van der Waals surface area contributed by atoms with E-state index in [4.69, 9.17) is 0 Å². The SMILES string of the molecule is CCCCNC(=O)NC1CC(c2ccc(CC)cc2)CN(C(=O)C2CCCC2)C1. The lowest BCUT2D eigenvalue weighted by Gasteiger charge is -2.39. The summed E-state index contributed by atoms with van der Waals surface area (Å²) in [6.45, 7) is 6.36. The van der Waals surface area contributed by atoms with E-state index in [1.54, 1.807) is 0 Å². The molecule has 2 unspecified atom stereocenters. The maximum absolute atomic E-state index is 13.1. The van der Waals surface area contributed by atoms with Gasteiger partial charge in [0.15, 0.2) is 0 Å². The van der Waals surface area contributed by atoms with Crippen LogP contribution in [0.1, 0.15) is 75.8 Å². The topological polar surface area (TPSA) is 61.4 Å². The van der Waals surface area contributed by atoms with Crippen molar-refractivity contribution in [2.75, 3.05) is 19.6 Å². The summed E-state index contributed by atoms with van der Waals surface area (Å²) in [7, 11) is 0. The Morgan fingerprint density at radius 1 is 1.07 bits per heavy atom. The third-order valence-electron chi connectivity index (χ3n) is 6.48. The van der Waals surface area contributed by atoms with Gasteiger partial charge in [0.25, 0.3) is 0 Å². The number of nitrogens with one attached hydrogen (secondary N) is 2. The number of rotatable bonds is 7. The van der Waals surface area contributed by atoms with E-state index in [-0.39, 0.29) is 29.8 Å². The van der Waals surface area contributed by atoms with Crippen molar-refractivity contribution in [1.82, 2.24) is 15.5 Å². The summed E-state index contributed by atoms with van der Waals surface area (Å²) in [4.78, 5) is 27.5. The summed E-state index contributed by atoms with van der Waals surface area (Å²) in [5.74, 6) is 0.728. The minimum absolute atomic E-state index is 0.00780. The highest BCUT2D eigenvalue weighted by Gasteiger charge is 2.35. The fourth-order valence-electron chi connectivity index (χ4n) is 4.70. The highest BCUT2D eigenvalue weighted by Crippen LogP contribution is 2.32. The smallest absolute Gasteiger partial charge is 0.315 e. The summed E-state index contributed by atoms with van der Waals surface area (Å²) >= 11 is 0. The van der Waals surface area contributed by atoms with E-state index in [1.165, 1.54) is 11.1 Å². The number of urea groups is 1. The fourth-order valence-corrected chi connectivity index (χ4v) is 4.70. The van der Waals surface area contributed by atoms with Crippen LogP contribution in [-0.4, -0.2) is 42.5 Å². The Morgan fingerprint density at radius 2 is 1.79 bits per heavy atom. The number of carbonyl (C=O) groups excluding carboxylic acids is 2. The minimum atomic E-state index is -0.112. The molecular formula is C24H37N3O2. The molecule has 0 aromatic heterocycles. The van der Waals surface area contributed by atoms with Crippen LogP contribution in [0, 0.1) is 5.92 Å². The predicted molar refractivity (Wildman–Crippen MR) is 117 cm³/mol. The lowest BCUT2D eigenvalue weighted by molar-refractivity contribution is -0.137. The van der Waals surface area contributed by atoms with Crippen molar-refractivity contribution < 1.29 is 9.59 Å². The van der Waals surface area contributed by atoms with E-state index in [9.17, 15) is 9.59 Å². The van der Waals surface area contributed by atoms with Crippen molar-refractivity contribution >= 4 is 11.9 Å². The number of hydrogen-bond acceptors (Lipinski definition) is 2. The van der Waals surface area contributed by atoms with Gasteiger partial charge in [-0.15, -0.1) is 0 Å². The van der Waals surface area contributed by atoms with Crippen molar-refractivity contribution in [2.24, 2.45) is 5.92 Å². The number of carbonyl (C=O) groups is 2. The van der Waals surface area contributed by atoms with Crippen LogP contribution < -0.4 is 10.6 Å². The lowest BCUT2D eigenvalue weighted by atomic mass is 9.86. The van der Waals surface area contributed by atoms with Crippen molar-refractivity contribution in [3.8, 4) is 0 Å². The number of piperidine rings is 1. The number of nitrogens with zero attached hydrogens (tertiary/aromatic N) is 1. The van der Waals surface area contributed by atoms with Gasteiger partial charge >= 0.3 is 6.03 Å². The lowest BCUT2D eigenvalue weighted by Crippen LogP contribution is -2.54. The molecule has 0 radical (unpaired) electrons. The van der Waals surface area contributed by atoms with E-state index in [1.807, 2.05) is 4.90 Å². The first-order valence-electron chi connectivity index (χ1n) is 11.5. The van der Waals surface area contributed by atoms with Crippen LogP contribution >= 0.6 is 0 Å². The molecule has 1 aromatic carbocycles. The first kappa shape index (κ1) is 21.7. The van der Waals surface area contributed by atoms with E-state index >= 15 is 0 Å². The summed E-state index contributed by atoms with van der Waals surface area (Å²) in [5.41, 5.74) is 2.60. The van der Waals surface area contributed by atoms with Gasteiger partial charge in [-0.3, -0.25) is 4.79 Å². The molecule has 1 saturated heterocycles. The summed E-state index contributed by atoms with van der Waals surface area (Å²) in [6, 6.07) is 8.65. The van der Waals surface area contributed by atoms with Gasteiger partial charge in [-0.25, -0.2) is 4.79 Å². The Kier molecular flexibility index (Phi) is 7.96. The zero-order valence-electron chi connectivity index (χ0n) is 18.1. The van der Waals surface area contributed by atoms with Gasteiger partial charge < -0.3 is 15.5 Å². The van der Waals surface area contributed by atoms with Crippen LogP contribution in [0.25, 0.3) is 0 Å². The van der Waals surface area contributed by atoms with Crippen molar-refractivity contribution in [3.63, 3.8) is 0 Å². The summed E-state index contributed by atoms with van der Waals surface area (Å²) < 4.78 is 0. The molecule has 5 heteroatoms. The molecule has 3 amide bonds. The summed E-state index contributed by atoms with van der Waals surface area (Å²) in [6.07, 6.45) is 8.30. The molecule has 0 bridgehead atoms. The Morgan fingerprint density at radius 3 is 2.45 bits per heavy atom. The zero-order chi connectivity index (χ0) is 20.6. The molecule has 2 aliphatic rings. The molecule has 1 heterocycles. The first-order valence-corrected chi connectivity index (χ1v) is 11.5. The second-order valence-electron chi connectivity index (χ2n) is 8.70. The molecule has 1 aromatic rings. The summed E-state index contributed by atoms with van der Waals surface area (Å²) in [5, 5.41) is 6.08. The predicted octanol–water partition coefficient (Wildman–Crippen LogP) is 4.22. The van der Waals surface area contributed by atoms with Crippen LogP contribution in [0.15, 0.2) is 24.3 Å². The van der Waals surface area contributed by atoms with Gasteiger partial charge in [-0.2, -0.15) is 0 Å². The molecular weight excluding hydrogens is 362 g/mol. The van der Waals surface area contributed by atoms with Gasteiger partial charge in [0.1, 0.15) is 0 Å². The van der Waals surface area contributed by atoms with Crippen LogP contribution in [0.3, 0.4) is 0 Å². The first-order chi connectivity index (χ1) is 14.1. The number of unbranched alkanes of at least 4 members (excludes halogenated alkanes) is 1. The zero-order valence-corrected chi connectivity index (χ0v) is 18.1. The highest BCUT2D eigenvalue weighted by atomic mass is 16.2.